The molecule has 2 aliphatic heterocycles. The summed E-state index contributed by atoms with van der Waals surface area (Å²) >= 11 is 0. The molecule has 2 aliphatic carbocycles. The van der Waals surface area contributed by atoms with Gasteiger partial charge in [0, 0.05) is 24.2 Å². The van der Waals surface area contributed by atoms with Gasteiger partial charge in [-0.15, -0.1) is 0 Å². The highest BCUT2D eigenvalue weighted by Crippen LogP contribution is 2.52. The first-order valence-corrected chi connectivity index (χ1v) is 9.27. The summed E-state index contributed by atoms with van der Waals surface area (Å²) in [5, 5.41) is 3.71. The maximum Gasteiger partial charge on any atom is 0.0116 e. The second kappa shape index (κ2) is 5.28. The maximum absolute atomic E-state index is 3.71. The zero-order valence-corrected chi connectivity index (χ0v) is 13.4. The van der Waals surface area contributed by atoms with Crippen molar-refractivity contribution < 1.29 is 0 Å². The first kappa shape index (κ1) is 13.6. The van der Waals surface area contributed by atoms with Crippen LogP contribution in [0.5, 0.6) is 0 Å². The van der Waals surface area contributed by atoms with Gasteiger partial charge in [0.1, 0.15) is 0 Å². The Balaban J connectivity index is 1.44. The predicted octanol–water partition coefficient (Wildman–Crippen LogP) is 3.42. The van der Waals surface area contributed by atoms with E-state index in [9.17, 15) is 0 Å². The number of nitrogens with zero attached hydrogens (tertiary/aromatic N) is 1. The molecular formula is C18H32N2. The standard InChI is InChI=1S/C18H32N2/c1-3-19-15-10-16-6-7-17(11-15)20(16)12(2)18-9-13-4-5-14(18)8-13/h12-19H,3-11H2,1-2H3. The molecule has 0 aromatic rings. The molecule has 6 atom stereocenters. The van der Waals surface area contributed by atoms with Gasteiger partial charge in [-0.1, -0.05) is 13.3 Å². The van der Waals surface area contributed by atoms with Gasteiger partial charge in [0.25, 0.3) is 0 Å². The molecule has 2 heterocycles. The molecule has 20 heavy (non-hydrogen) atoms. The molecule has 2 saturated carbocycles. The van der Waals surface area contributed by atoms with Crippen molar-refractivity contribution in [3.05, 3.63) is 0 Å². The highest BCUT2D eigenvalue weighted by atomic mass is 15.3. The molecule has 0 radical (unpaired) electrons. The van der Waals surface area contributed by atoms with E-state index in [1.165, 1.54) is 25.7 Å². The van der Waals surface area contributed by atoms with Crippen LogP contribution in [0, 0.1) is 17.8 Å². The van der Waals surface area contributed by atoms with Gasteiger partial charge in [-0.25, -0.2) is 0 Å². The third kappa shape index (κ3) is 2.14. The molecule has 4 fully saturated rings. The van der Waals surface area contributed by atoms with E-state index in [-0.39, 0.29) is 0 Å². The minimum Gasteiger partial charge on any atom is -0.314 e. The lowest BCUT2D eigenvalue weighted by Crippen LogP contribution is -2.54. The van der Waals surface area contributed by atoms with Crippen LogP contribution >= 0.6 is 0 Å². The topological polar surface area (TPSA) is 15.3 Å². The van der Waals surface area contributed by atoms with E-state index in [0.29, 0.717) is 0 Å². The molecule has 4 rings (SSSR count). The molecule has 1 N–H and O–H groups in total. The van der Waals surface area contributed by atoms with Crippen molar-refractivity contribution in [3.63, 3.8) is 0 Å². The van der Waals surface area contributed by atoms with Gasteiger partial charge in [-0.3, -0.25) is 4.90 Å². The summed E-state index contributed by atoms with van der Waals surface area (Å²) in [6.07, 6.45) is 12.0. The maximum atomic E-state index is 3.71. The Morgan fingerprint density at radius 2 is 1.75 bits per heavy atom. The van der Waals surface area contributed by atoms with Crippen LogP contribution in [0.2, 0.25) is 0 Å². The first-order chi connectivity index (χ1) is 9.76. The van der Waals surface area contributed by atoms with Crippen molar-refractivity contribution in [1.29, 1.82) is 0 Å². The van der Waals surface area contributed by atoms with Gasteiger partial charge in [-0.05, 0) is 76.2 Å². The van der Waals surface area contributed by atoms with Crippen LogP contribution in [0.4, 0.5) is 0 Å². The summed E-state index contributed by atoms with van der Waals surface area (Å²) in [7, 11) is 0. The number of nitrogens with one attached hydrogen (secondary N) is 1. The van der Waals surface area contributed by atoms with Gasteiger partial charge < -0.3 is 5.32 Å². The van der Waals surface area contributed by atoms with Crippen molar-refractivity contribution >= 4 is 0 Å². The smallest absolute Gasteiger partial charge is 0.0116 e. The molecule has 2 saturated heterocycles. The van der Waals surface area contributed by atoms with E-state index in [2.05, 4.69) is 24.1 Å². The van der Waals surface area contributed by atoms with Crippen LogP contribution in [0.25, 0.3) is 0 Å². The summed E-state index contributed by atoms with van der Waals surface area (Å²) in [4.78, 5) is 2.99. The number of hydrogen-bond donors (Lipinski definition) is 1. The van der Waals surface area contributed by atoms with Crippen molar-refractivity contribution in [2.45, 2.75) is 89.4 Å². The van der Waals surface area contributed by atoms with Crippen LogP contribution in [0.3, 0.4) is 0 Å². The van der Waals surface area contributed by atoms with Gasteiger partial charge in [0.2, 0.25) is 0 Å². The molecule has 0 amide bonds. The van der Waals surface area contributed by atoms with Crippen molar-refractivity contribution in [1.82, 2.24) is 10.2 Å². The van der Waals surface area contributed by atoms with Gasteiger partial charge in [0.05, 0.1) is 0 Å². The molecule has 0 aromatic carbocycles. The lowest BCUT2D eigenvalue weighted by molar-refractivity contribution is 0.0346. The van der Waals surface area contributed by atoms with Crippen LogP contribution in [-0.2, 0) is 0 Å². The predicted molar refractivity (Wildman–Crippen MR) is 83.7 cm³/mol. The number of fused-ring (bicyclic) bond motifs is 4. The molecule has 6 unspecified atom stereocenters. The van der Waals surface area contributed by atoms with Crippen LogP contribution < -0.4 is 5.32 Å². The average molecular weight is 276 g/mol. The molecule has 0 aromatic heterocycles. The van der Waals surface area contributed by atoms with Gasteiger partial charge >= 0.3 is 0 Å². The van der Waals surface area contributed by atoms with E-state index >= 15 is 0 Å². The fraction of sp³-hybridized carbons (Fsp3) is 1.00. The lowest BCUT2D eigenvalue weighted by Gasteiger charge is -2.46. The van der Waals surface area contributed by atoms with Crippen molar-refractivity contribution in [2.75, 3.05) is 6.54 Å². The molecule has 4 aliphatic rings. The summed E-state index contributed by atoms with van der Waals surface area (Å²) in [5.74, 6) is 3.22. The van der Waals surface area contributed by atoms with E-state index in [4.69, 9.17) is 0 Å². The highest BCUT2D eigenvalue weighted by Gasteiger charge is 2.48. The van der Waals surface area contributed by atoms with Crippen LogP contribution in [-0.4, -0.2) is 35.6 Å². The average Bonchev–Trinajstić information content (AvgIpc) is 3.12. The Morgan fingerprint density at radius 3 is 2.30 bits per heavy atom. The molecule has 4 bridgehead atoms. The van der Waals surface area contributed by atoms with Gasteiger partial charge in [0.15, 0.2) is 0 Å². The Hall–Kier alpha value is -0.0800. The van der Waals surface area contributed by atoms with E-state index < -0.39 is 0 Å². The second-order valence-corrected chi connectivity index (χ2v) is 8.14. The largest absolute Gasteiger partial charge is 0.314 e. The summed E-state index contributed by atoms with van der Waals surface area (Å²) in [6, 6.07) is 3.46. The molecule has 2 heteroatoms. The Morgan fingerprint density at radius 1 is 1.00 bits per heavy atom. The number of hydrogen-bond acceptors (Lipinski definition) is 2. The van der Waals surface area contributed by atoms with E-state index in [1.807, 2.05) is 0 Å². The van der Waals surface area contributed by atoms with Crippen molar-refractivity contribution in [2.24, 2.45) is 17.8 Å². The second-order valence-electron chi connectivity index (χ2n) is 8.14. The molecule has 2 nitrogen and oxygen atoms in total. The minimum atomic E-state index is 0.806. The SMILES string of the molecule is CCNC1CC2CCC(C1)N2C(C)C1CC2CCC1C2. The summed E-state index contributed by atoms with van der Waals surface area (Å²) in [6.45, 7) is 5.97. The monoisotopic (exact) mass is 276 g/mol. The first-order valence-electron chi connectivity index (χ1n) is 9.27. The quantitative estimate of drug-likeness (QED) is 0.846. The Kier molecular flexibility index (Phi) is 3.58. The Bertz CT molecular complexity index is 341. The molecule has 114 valence electrons. The third-order valence-corrected chi connectivity index (χ3v) is 7.17. The third-order valence-electron chi connectivity index (χ3n) is 7.17. The van der Waals surface area contributed by atoms with Crippen molar-refractivity contribution in [3.8, 4) is 0 Å². The summed E-state index contributed by atoms with van der Waals surface area (Å²) in [5.41, 5.74) is 0. The van der Waals surface area contributed by atoms with E-state index in [0.717, 1.165) is 48.5 Å². The van der Waals surface area contributed by atoms with Crippen LogP contribution in [0.15, 0.2) is 0 Å². The highest BCUT2D eigenvalue weighted by molar-refractivity contribution is 5.03. The number of piperidine rings is 1. The zero-order valence-electron chi connectivity index (χ0n) is 13.4. The van der Waals surface area contributed by atoms with Gasteiger partial charge in [-0.2, -0.15) is 0 Å². The molecular weight excluding hydrogens is 244 g/mol. The van der Waals surface area contributed by atoms with Crippen LogP contribution in [0.1, 0.15) is 65.2 Å². The number of rotatable bonds is 4. The van der Waals surface area contributed by atoms with E-state index in [1.54, 1.807) is 25.7 Å². The fourth-order valence-corrected chi connectivity index (χ4v) is 6.44. The lowest BCUT2D eigenvalue weighted by atomic mass is 9.81. The Labute approximate surface area is 124 Å². The minimum absolute atomic E-state index is 0.806. The molecule has 0 spiro atoms. The normalized spacial score (nSPS) is 48.9. The summed E-state index contributed by atoms with van der Waals surface area (Å²) < 4.78 is 0. The zero-order chi connectivity index (χ0) is 13.7. The fourth-order valence-electron chi connectivity index (χ4n) is 6.44.